The summed E-state index contributed by atoms with van der Waals surface area (Å²) in [6.07, 6.45) is 4.73. The van der Waals surface area contributed by atoms with E-state index < -0.39 is 5.97 Å². The second-order valence-electron chi connectivity index (χ2n) is 5.76. The second-order valence-corrected chi connectivity index (χ2v) is 5.76. The monoisotopic (exact) mass is 297 g/mol. The van der Waals surface area contributed by atoms with Gasteiger partial charge in [-0.3, -0.25) is 9.59 Å². The number of nitrogens with zero attached hydrogens (tertiary/aromatic N) is 1. The van der Waals surface area contributed by atoms with E-state index in [-0.39, 0.29) is 24.4 Å². The molecule has 7 heteroatoms. The molecule has 3 N–H and O–H groups in total. The molecule has 0 radical (unpaired) electrons. The van der Waals surface area contributed by atoms with E-state index in [2.05, 4.69) is 10.6 Å². The van der Waals surface area contributed by atoms with Gasteiger partial charge in [-0.1, -0.05) is 0 Å². The van der Waals surface area contributed by atoms with Crippen molar-refractivity contribution in [2.75, 3.05) is 13.1 Å². The van der Waals surface area contributed by atoms with Gasteiger partial charge in [0.2, 0.25) is 5.91 Å². The van der Waals surface area contributed by atoms with Crippen LogP contribution in [0.4, 0.5) is 4.79 Å². The number of hydrogen-bond donors (Lipinski definition) is 3. The summed E-state index contributed by atoms with van der Waals surface area (Å²) in [6, 6.07) is -0.0597. The number of aliphatic carboxylic acids is 1. The summed E-state index contributed by atoms with van der Waals surface area (Å²) in [5.74, 6) is -0.840. The molecular weight excluding hydrogens is 274 g/mol. The fraction of sp³-hybridized carbons (Fsp3) is 0.786. The zero-order chi connectivity index (χ0) is 15.2. The summed E-state index contributed by atoms with van der Waals surface area (Å²) in [5, 5.41) is 14.5. The van der Waals surface area contributed by atoms with Gasteiger partial charge in [-0.15, -0.1) is 0 Å². The maximum atomic E-state index is 12.0. The van der Waals surface area contributed by atoms with Crippen molar-refractivity contribution < 1.29 is 19.5 Å². The molecule has 0 bridgehead atoms. The predicted molar refractivity (Wildman–Crippen MR) is 75.8 cm³/mol. The molecule has 118 valence electrons. The Kier molecular flexibility index (Phi) is 5.41. The van der Waals surface area contributed by atoms with Crippen LogP contribution in [0.3, 0.4) is 0 Å². The van der Waals surface area contributed by atoms with Gasteiger partial charge in [0.1, 0.15) is 0 Å². The van der Waals surface area contributed by atoms with E-state index in [1.807, 2.05) is 0 Å². The minimum Gasteiger partial charge on any atom is -0.481 e. The van der Waals surface area contributed by atoms with E-state index in [9.17, 15) is 14.4 Å². The molecule has 1 saturated carbocycles. The van der Waals surface area contributed by atoms with Crippen molar-refractivity contribution in [3.8, 4) is 0 Å². The fourth-order valence-electron chi connectivity index (χ4n) is 2.59. The largest absolute Gasteiger partial charge is 0.481 e. The standard InChI is InChI=1S/C14H23N3O4/c18-12(16-10-5-6-10)4-1-7-15-14(21)17-8-2-3-11(17)9-13(19)20/h10-11H,1-9H2,(H,15,21)(H,16,18)(H,19,20). The molecule has 1 aliphatic carbocycles. The van der Waals surface area contributed by atoms with Crippen LogP contribution in [0, 0.1) is 0 Å². The van der Waals surface area contributed by atoms with Gasteiger partial charge >= 0.3 is 12.0 Å². The summed E-state index contributed by atoms with van der Waals surface area (Å²) >= 11 is 0. The van der Waals surface area contributed by atoms with E-state index in [0.717, 1.165) is 25.7 Å². The molecule has 1 heterocycles. The van der Waals surface area contributed by atoms with Gasteiger partial charge in [0, 0.05) is 31.6 Å². The number of nitrogens with one attached hydrogen (secondary N) is 2. The van der Waals surface area contributed by atoms with Gasteiger partial charge in [0.15, 0.2) is 0 Å². The zero-order valence-corrected chi connectivity index (χ0v) is 12.1. The molecule has 21 heavy (non-hydrogen) atoms. The lowest BCUT2D eigenvalue weighted by atomic mass is 10.1. The highest BCUT2D eigenvalue weighted by Gasteiger charge is 2.30. The molecule has 1 aliphatic heterocycles. The summed E-state index contributed by atoms with van der Waals surface area (Å²) < 4.78 is 0. The Balaban J connectivity index is 1.61. The number of hydrogen-bond acceptors (Lipinski definition) is 3. The number of carboxylic acid groups (broad SMARTS) is 1. The van der Waals surface area contributed by atoms with E-state index in [4.69, 9.17) is 5.11 Å². The molecular formula is C14H23N3O4. The van der Waals surface area contributed by atoms with Crippen LogP contribution < -0.4 is 10.6 Å². The van der Waals surface area contributed by atoms with Gasteiger partial charge in [-0.05, 0) is 32.1 Å². The molecule has 2 fully saturated rings. The van der Waals surface area contributed by atoms with Crippen molar-refractivity contribution in [2.24, 2.45) is 0 Å². The third kappa shape index (κ3) is 5.24. The van der Waals surface area contributed by atoms with Crippen molar-refractivity contribution in [2.45, 2.75) is 57.0 Å². The van der Waals surface area contributed by atoms with Gasteiger partial charge in [0.05, 0.1) is 6.42 Å². The normalized spacial score (nSPS) is 21.1. The van der Waals surface area contributed by atoms with Crippen LogP contribution in [0.1, 0.15) is 44.9 Å². The smallest absolute Gasteiger partial charge is 0.317 e. The van der Waals surface area contributed by atoms with Crippen LogP contribution in [0.25, 0.3) is 0 Å². The zero-order valence-electron chi connectivity index (χ0n) is 12.1. The Morgan fingerprint density at radius 3 is 2.62 bits per heavy atom. The van der Waals surface area contributed by atoms with Crippen LogP contribution in [0.5, 0.6) is 0 Å². The molecule has 0 spiro atoms. The molecule has 2 rings (SSSR count). The maximum absolute atomic E-state index is 12.0. The van der Waals surface area contributed by atoms with Crippen LogP contribution in [0.15, 0.2) is 0 Å². The summed E-state index contributed by atoms with van der Waals surface area (Å²) in [7, 11) is 0. The number of carbonyl (C=O) groups is 3. The SMILES string of the molecule is O=C(O)CC1CCCN1C(=O)NCCCC(=O)NC1CC1. The van der Waals surface area contributed by atoms with Crippen LogP contribution in [-0.4, -0.2) is 53.1 Å². The third-order valence-electron chi connectivity index (χ3n) is 3.85. The van der Waals surface area contributed by atoms with Gasteiger partial charge in [-0.25, -0.2) is 4.79 Å². The van der Waals surface area contributed by atoms with Crippen molar-refractivity contribution in [3.05, 3.63) is 0 Å². The van der Waals surface area contributed by atoms with Crippen molar-refractivity contribution in [1.29, 1.82) is 0 Å². The van der Waals surface area contributed by atoms with Crippen molar-refractivity contribution in [3.63, 3.8) is 0 Å². The van der Waals surface area contributed by atoms with Crippen LogP contribution >= 0.6 is 0 Å². The number of likely N-dealkylation sites (tertiary alicyclic amines) is 1. The molecule has 2 aliphatic rings. The van der Waals surface area contributed by atoms with E-state index in [1.165, 1.54) is 0 Å². The number of carboxylic acids is 1. The van der Waals surface area contributed by atoms with Gasteiger partial charge in [-0.2, -0.15) is 0 Å². The average molecular weight is 297 g/mol. The predicted octanol–water partition coefficient (Wildman–Crippen LogP) is 0.694. The Labute approximate surface area is 124 Å². The molecule has 3 amide bonds. The molecule has 1 atom stereocenters. The molecule has 1 saturated heterocycles. The fourth-order valence-corrected chi connectivity index (χ4v) is 2.59. The first-order valence-electron chi connectivity index (χ1n) is 7.62. The lowest BCUT2D eigenvalue weighted by molar-refractivity contribution is -0.138. The van der Waals surface area contributed by atoms with Gasteiger partial charge in [0.25, 0.3) is 0 Å². The number of amides is 3. The van der Waals surface area contributed by atoms with Gasteiger partial charge < -0.3 is 20.6 Å². The quantitative estimate of drug-likeness (QED) is 0.602. The first-order chi connectivity index (χ1) is 10.1. The minimum atomic E-state index is -0.878. The Hall–Kier alpha value is -1.79. The second kappa shape index (κ2) is 7.28. The Bertz CT molecular complexity index is 409. The molecule has 0 aromatic rings. The highest BCUT2D eigenvalue weighted by atomic mass is 16.4. The summed E-state index contributed by atoms with van der Waals surface area (Å²) in [4.78, 5) is 35.8. The van der Waals surface area contributed by atoms with E-state index >= 15 is 0 Å². The first-order valence-corrected chi connectivity index (χ1v) is 7.62. The highest BCUT2D eigenvalue weighted by Crippen LogP contribution is 2.20. The lowest BCUT2D eigenvalue weighted by Crippen LogP contribution is -2.44. The maximum Gasteiger partial charge on any atom is 0.317 e. The van der Waals surface area contributed by atoms with E-state index in [1.54, 1.807) is 4.90 Å². The average Bonchev–Trinajstić information content (AvgIpc) is 3.10. The molecule has 0 aromatic carbocycles. The van der Waals surface area contributed by atoms with E-state index in [0.29, 0.717) is 32.0 Å². The van der Waals surface area contributed by atoms with Crippen molar-refractivity contribution in [1.82, 2.24) is 15.5 Å². The third-order valence-corrected chi connectivity index (χ3v) is 3.85. The molecule has 7 nitrogen and oxygen atoms in total. The summed E-state index contributed by atoms with van der Waals surface area (Å²) in [5.41, 5.74) is 0. The number of rotatable bonds is 7. The van der Waals surface area contributed by atoms with Crippen LogP contribution in [-0.2, 0) is 9.59 Å². The Morgan fingerprint density at radius 2 is 1.95 bits per heavy atom. The minimum absolute atomic E-state index is 0.00276. The van der Waals surface area contributed by atoms with Crippen LogP contribution in [0.2, 0.25) is 0 Å². The highest BCUT2D eigenvalue weighted by molar-refractivity contribution is 5.77. The topological polar surface area (TPSA) is 98.7 Å². The lowest BCUT2D eigenvalue weighted by Gasteiger charge is -2.23. The summed E-state index contributed by atoms with van der Waals surface area (Å²) in [6.45, 7) is 1.04. The molecule has 0 aromatic heterocycles. The first kappa shape index (κ1) is 15.6. The molecule has 1 unspecified atom stereocenters. The van der Waals surface area contributed by atoms with Crippen molar-refractivity contribution >= 4 is 17.9 Å². The number of urea groups is 1. The Morgan fingerprint density at radius 1 is 1.19 bits per heavy atom. The number of carbonyl (C=O) groups excluding carboxylic acids is 2.